The predicted octanol–water partition coefficient (Wildman–Crippen LogP) is 10.7. The number of carbonyl (C=O) groups excluding carboxylic acids is 2. The second-order valence-electron chi connectivity index (χ2n) is 12.5. The summed E-state index contributed by atoms with van der Waals surface area (Å²) in [6, 6.07) is 0. The Labute approximate surface area is 321 Å². The molecule has 0 fully saturated rings. The molecule has 0 aromatic carbocycles. The van der Waals surface area contributed by atoms with Gasteiger partial charge in [-0.25, -0.2) is 4.57 Å². The molecule has 0 saturated heterocycles. The summed E-state index contributed by atoms with van der Waals surface area (Å²) < 4.78 is 26.7. The molecule has 2 atom stereocenters. The van der Waals surface area contributed by atoms with Crippen LogP contribution in [0.25, 0.3) is 0 Å². The molecular weight excluding hydrogens is 689 g/mol. The number of nitrogens with one attached hydrogen (secondary N) is 1. The van der Waals surface area contributed by atoms with Gasteiger partial charge in [0, 0.05) is 19.4 Å². The minimum absolute atomic E-state index is 0.0465. The first kappa shape index (κ1) is 49.9. The van der Waals surface area contributed by atoms with E-state index in [1.54, 1.807) is 0 Å². The third-order valence-electron chi connectivity index (χ3n) is 7.50. The molecule has 0 aromatic rings. The highest BCUT2D eigenvalue weighted by Crippen LogP contribution is 2.42. The molecule has 0 saturated carbocycles. The van der Waals surface area contributed by atoms with Gasteiger partial charge in [-0.15, -0.1) is 0 Å². The summed E-state index contributed by atoms with van der Waals surface area (Å²) in [4.78, 5) is 33.8. The summed E-state index contributed by atoms with van der Waals surface area (Å²) in [5, 5.41) is 12.6. The molecule has 0 spiro atoms. The number of ether oxygens (including phenoxy) is 1. The van der Waals surface area contributed by atoms with Gasteiger partial charge in [-0.1, -0.05) is 124 Å². The second kappa shape index (κ2) is 38.6. The maximum Gasteiger partial charge on any atom is 0.472 e. The number of phosphoric ester groups is 1. The van der Waals surface area contributed by atoms with Gasteiger partial charge in [0.1, 0.15) is 12.7 Å². The smallest absolute Gasteiger partial charge is 0.463 e. The van der Waals surface area contributed by atoms with E-state index in [4.69, 9.17) is 13.8 Å². The minimum atomic E-state index is -4.44. The number of phosphoric acid groups is 1. The van der Waals surface area contributed by atoms with Gasteiger partial charge in [-0.05, 0) is 89.9 Å². The van der Waals surface area contributed by atoms with Crippen LogP contribution in [0.5, 0.6) is 0 Å². The number of aliphatic hydroxyl groups excluding tert-OH is 1. The fourth-order valence-electron chi connectivity index (χ4n) is 4.54. The highest BCUT2D eigenvalue weighted by molar-refractivity contribution is 7.47. The Bertz CT molecular complexity index is 1180. The number of allylic oxidation sites excluding steroid dienone is 16. The molecule has 1 amide bonds. The topological polar surface area (TPSA) is 131 Å². The van der Waals surface area contributed by atoms with Gasteiger partial charge in [0.25, 0.3) is 0 Å². The Morgan fingerprint density at radius 1 is 0.604 bits per heavy atom. The third-order valence-corrected chi connectivity index (χ3v) is 8.48. The molecule has 0 aliphatic rings. The predicted molar refractivity (Wildman–Crippen MR) is 219 cm³/mol. The molecule has 300 valence electrons. The van der Waals surface area contributed by atoms with Crippen molar-refractivity contribution in [3.05, 3.63) is 97.2 Å². The van der Waals surface area contributed by atoms with E-state index < -0.39 is 26.5 Å². The zero-order chi connectivity index (χ0) is 38.9. The van der Waals surface area contributed by atoms with Crippen molar-refractivity contribution in [2.75, 3.05) is 26.4 Å². The SMILES string of the molecule is CC/C=C\C/C=C\C/C=C\C/C=C\CCCCC(=O)NCCOP(=O)(O)OCC(O)COC(=O)CCC/C=C\C/C=C\C/C=C\C/C=C\CCCCC. The van der Waals surface area contributed by atoms with Crippen LogP contribution in [-0.4, -0.2) is 54.3 Å². The first-order valence-electron chi connectivity index (χ1n) is 19.7. The van der Waals surface area contributed by atoms with Crippen LogP contribution < -0.4 is 5.32 Å². The van der Waals surface area contributed by atoms with Gasteiger partial charge in [-0.3, -0.25) is 18.6 Å². The van der Waals surface area contributed by atoms with Gasteiger partial charge in [0.05, 0.1) is 13.2 Å². The van der Waals surface area contributed by atoms with Crippen molar-refractivity contribution < 1.29 is 37.9 Å². The second-order valence-corrected chi connectivity index (χ2v) is 14.0. The van der Waals surface area contributed by atoms with E-state index in [0.717, 1.165) is 70.6 Å². The number of hydrogen-bond acceptors (Lipinski definition) is 7. The average Bonchev–Trinajstić information content (AvgIpc) is 3.14. The van der Waals surface area contributed by atoms with E-state index in [2.05, 4.69) is 110 Å². The Morgan fingerprint density at radius 3 is 1.58 bits per heavy atom. The van der Waals surface area contributed by atoms with Crippen LogP contribution in [0.4, 0.5) is 0 Å². The zero-order valence-corrected chi connectivity index (χ0v) is 33.6. The monoisotopic (exact) mass is 759 g/mol. The van der Waals surface area contributed by atoms with E-state index in [1.807, 2.05) is 6.08 Å². The fourth-order valence-corrected chi connectivity index (χ4v) is 5.29. The number of unbranched alkanes of at least 4 members (excludes halogenated alkanes) is 6. The summed E-state index contributed by atoms with van der Waals surface area (Å²) in [5.41, 5.74) is 0. The molecule has 9 nitrogen and oxygen atoms in total. The zero-order valence-electron chi connectivity index (χ0n) is 32.7. The van der Waals surface area contributed by atoms with E-state index in [9.17, 15) is 24.2 Å². The molecule has 0 rings (SSSR count). The third kappa shape index (κ3) is 40.0. The maximum atomic E-state index is 12.1. The highest BCUT2D eigenvalue weighted by Gasteiger charge is 2.23. The molecule has 53 heavy (non-hydrogen) atoms. The molecule has 0 aliphatic heterocycles. The van der Waals surface area contributed by atoms with Crippen LogP contribution in [0.3, 0.4) is 0 Å². The van der Waals surface area contributed by atoms with Crippen molar-refractivity contribution in [2.45, 2.75) is 136 Å². The molecule has 0 bridgehead atoms. The quantitative estimate of drug-likeness (QED) is 0.0252. The maximum absolute atomic E-state index is 12.1. The lowest BCUT2D eigenvalue weighted by molar-refractivity contribution is -0.147. The van der Waals surface area contributed by atoms with Crippen molar-refractivity contribution in [3.63, 3.8) is 0 Å². The number of esters is 1. The Kier molecular flexibility index (Phi) is 36.4. The highest BCUT2D eigenvalue weighted by atomic mass is 31.2. The van der Waals surface area contributed by atoms with E-state index >= 15 is 0 Å². The molecule has 0 aromatic heterocycles. The summed E-state index contributed by atoms with van der Waals surface area (Å²) in [6.45, 7) is 3.26. The van der Waals surface area contributed by atoms with Crippen molar-refractivity contribution in [1.82, 2.24) is 5.32 Å². The van der Waals surface area contributed by atoms with Crippen LogP contribution in [0, 0.1) is 0 Å². The summed E-state index contributed by atoms with van der Waals surface area (Å²) in [5.74, 6) is -0.627. The molecule has 0 heterocycles. The van der Waals surface area contributed by atoms with Crippen molar-refractivity contribution in [2.24, 2.45) is 0 Å². The lowest BCUT2D eigenvalue weighted by Gasteiger charge is -2.15. The van der Waals surface area contributed by atoms with Gasteiger partial charge < -0.3 is 20.1 Å². The number of carbonyl (C=O) groups is 2. The molecular formula is C43H70NO8P. The van der Waals surface area contributed by atoms with Crippen LogP contribution >= 0.6 is 7.82 Å². The standard InChI is InChI=1S/C43H70NO8P/c1-3-5-7-9-11-13-15-17-19-20-22-24-26-28-30-32-34-36-43(47)50-39-41(45)40-52-53(48,49)51-38-37-44-42(46)35-33-31-29-27-25-23-21-18-16-14-12-10-8-6-4-2/h6,8,11-14,17-19,21-22,24-25,27-28,30,41,45H,3-5,7,9-10,15-16,20,23,26,29,31-40H2,1-2H3,(H,44,46)(H,48,49)/b8-6-,13-11-,14-12-,19-17-,21-18-,24-22-,27-25-,30-28-. The van der Waals surface area contributed by atoms with Gasteiger partial charge in [0.15, 0.2) is 0 Å². The molecule has 0 aliphatic carbocycles. The lowest BCUT2D eigenvalue weighted by atomic mass is 10.1. The Hall–Kier alpha value is -3.07. The molecule has 10 heteroatoms. The summed E-state index contributed by atoms with van der Waals surface area (Å²) in [6.07, 6.45) is 49.2. The van der Waals surface area contributed by atoms with Crippen molar-refractivity contribution in [1.29, 1.82) is 0 Å². The van der Waals surface area contributed by atoms with Gasteiger partial charge in [-0.2, -0.15) is 0 Å². The van der Waals surface area contributed by atoms with Crippen molar-refractivity contribution >= 4 is 19.7 Å². The number of rotatable bonds is 35. The largest absolute Gasteiger partial charge is 0.472 e. The number of amides is 1. The van der Waals surface area contributed by atoms with Crippen LogP contribution in [-0.2, 0) is 27.9 Å². The van der Waals surface area contributed by atoms with E-state index in [0.29, 0.717) is 12.8 Å². The normalized spacial score (nSPS) is 14.4. The van der Waals surface area contributed by atoms with E-state index in [1.165, 1.54) is 25.7 Å². The molecule has 3 N–H and O–H groups in total. The Morgan fingerprint density at radius 2 is 1.08 bits per heavy atom. The first-order chi connectivity index (χ1) is 25.8. The fraction of sp³-hybridized carbons (Fsp3) is 0.581. The lowest BCUT2D eigenvalue weighted by Crippen LogP contribution is -2.27. The van der Waals surface area contributed by atoms with Gasteiger partial charge >= 0.3 is 13.8 Å². The Balaban J connectivity index is 3.79. The number of aliphatic hydroxyl groups is 1. The van der Waals surface area contributed by atoms with Crippen molar-refractivity contribution in [3.8, 4) is 0 Å². The van der Waals surface area contributed by atoms with Gasteiger partial charge in [0.2, 0.25) is 5.91 Å². The summed E-state index contributed by atoms with van der Waals surface area (Å²) in [7, 11) is -4.44. The average molecular weight is 760 g/mol. The molecule has 0 radical (unpaired) electrons. The van der Waals surface area contributed by atoms with Crippen LogP contribution in [0.2, 0.25) is 0 Å². The minimum Gasteiger partial charge on any atom is -0.463 e. The number of hydrogen-bond donors (Lipinski definition) is 3. The summed E-state index contributed by atoms with van der Waals surface area (Å²) >= 11 is 0. The van der Waals surface area contributed by atoms with Crippen LogP contribution in [0.15, 0.2) is 97.2 Å². The van der Waals surface area contributed by atoms with Crippen LogP contribution in [0.1, 0.15) is 129 Å². The first-order valence-corrected chi connectivity index (χ1v) is 21.2. The van der Waals surface area contributed by atoms with E-state index in [-0.39, 0.29) is 32.1 Å². The molecule has 2 unspecified atom stereocenters.